The number of nitrogens with zero attached hydrogens (tertiary/aromatic N) is 2. The molecule has 7 heteroatoms. The van der Waals surface area contributed by atoms with Crippen LogP contribution in [0, 0.1) is 24.6 Å². The van der Waals surface area contributed by atoms with Gasteiger partial charge in [0.1, 0.15) is 11.6 Å². The first-order valence-corrected chi connectivity index (χ1v) is 9.61. The molecule has 0 saturated carbocycles. The molecular formula is C21H27FN4O2. The van der Waals surface area contributed by atoms with Crippen LogP contribution in [0.15, 0.2) is 24.4 Å². The monoisotopic (exact) mass is 386 g/mol. The van der Waals surface area contributed by atoms with Crippen LogP contribution < -0.4 is 16.4 Å². The molecule has 28 heavy (non-hydrogen) atoms. The van der Waals surface area contributed by atoms with Crippen molar-refractivity contribution in [3.05, 3.63) is 35.8 Å². The molecule has 150 valence electrons. The van der Waals surface area contributed by atoms with Crippen LogP contribution in [0.3, 0.4) is 0 Å². The second-order valence-electron chi connectivity index (χ2n) is 7.96. The minimum Gasteiger partial charge on any atom is -0.370 e. The topological polar surface area (TPSA) is 102 Å². The highest BCUT2D eigenvalue weighted by atomic mass is 19.1. The van der Waals surface area contributed by atoms with Gasteiger partial charge in [0.15, 0.2) is 0 Å². The summed E-state index contributed by atoms with van der Waals surface area (Å²) in [7, 11) is 0. The molecule has 1 aliphatic heterocycles. The van der Waals surface area contributed by atoms with E-state index in [0.717, 1.165) is 24.0 Å². The number of piperidine rings is 1. The molecule has 6 nitrogen and oxygen atoms in total. The zero-order valence-electron chi connectivity index (χ0n) is 16.3. The molecule has 3 atom stereocenters. The highest BCUT2D eigenvalue weighted by Crippen LogP contribution is 2.35. The van der Waals surface area contributed by atoms with Crippen molar-refractivity contribution in [3.63, 3.8) is 0 Å². The van der Waals surface area contributed by atoms with Gasteiger partial charge in [0.25, 0.3) is 0 Å². The van der Waals surface area contributed by atoms with Crippen LogP contribution in [0.2, 0.25) is 0 Å². The Labute approximate surface area is 164 Å². The third-order valence-corrected chi connectivity index (χ3v) is 5.47. The van der Waals surface area contributed by atoms with Crippen LogP contribution in [-0.2, 0) is 9.59 Å². The van der Waals surface area contributed by atoms with E-state index >= 15 is 0 Å². The van der Waals surface area contributed by atoms with Crippen LogP contribution in [0.5, 0.6) is 0 Å². The summed E-state index contributed by atoms with van der Waals surface area (Å²) in [6.45, 7) is 5.27. The predicted molar refractivity (Wildman–Crippen MR) is 107 cm³/mol. The van der Waals surface area contributed by atoms with E-state index < -0.39 is 11.9 Å². The Hall–Kier alpha value is -2.54. The third kappa shape index (κ3) is 4.30. The largest absolute Gasteiger partial charge is 0.370 e. The number of pyridine rings is 1. The van der Waals surface area contributed by atoms with Gasteiger partial charge in [-0.25, -0.2) is 4.39 Å². The van der Waals surface area contributed by atoms with E-state index in [0.29, 0.717) is 30.0 Å². The van der Waals surface area contributed by atoms with E-state index in [2.05, 4.69) is 16.8 Å². The number of anilines is 1. The number of hydrogen-bond donors (Lipinski definition) is 2. The SMILES string of the molecule is Cc1c(F)cc(N2C[C@@H](C)C[C@@H](CC(=O)[C@@H](N)CC(N)=O)C2)c2cccnc12. The van der Waals surface area contributed by atoms with Crippen molar-refractivity contribution >= 4 is 28.3 Å². The van der Waals surface area contributed by atoms with E-state index in [1.807, 2.05) is 12.1 Å². The smallest absolute Gasteiger partial charge is 0.219 e. The number of aryl methyl sites for hydroxylation is 1. The molecule has 1 saturated heterocycles. The Kier molecular flexibility index (Phi) is 5.93. The summed E-state index contributed by atoms with van der Waals surface area (Å²) in [6.07, 6.45) is 2.71. The van der Waals surface area contributed by atoms with Gasteiger partial charge in [-0.2, -0.15) is 0 Å². The summed E-state index contributed by atoms with van der Waals surface area (Å²) in [5, 5.41) is 0.908. The molecule has 0 radical (unpaired) electrons. The molecule has 4 N–H and O–H groups in total. The molecule has 2 aromatic rings. The summed E-state index contributed by atoms with van der Waals surface area (Å²) in [5.41, 5.74) is 12.9. The molecule has 0 unspecified atom stereocenters. The predicted octanol–water partition coefficient (Wildman–Crippen LogP) is 2.31. The number of primary amides is 1. The number of benzene rings is 1. The number of rotatable bonds is 6. The number of carbonyl (C=O) groups excluding carboxylic acids is 2. The summed E-state index contributed by atoms with van der Waals surface area (Å²) in [5.74, 6) is -0.579. The van der Waals surface area contributed by atoms with E-state index in [4.69, 9.17) is 11.5 Å². The van der Waals surface area contributed by atoms with Crippen LogP contribution >= 0.6 is 0 Å². The minimum atomic E-state index is -0.856. The van der Waals surface area contributed by atoms with E-state index in [1.165, 1.54) is 0 Å². The summed E-state index contributed by atoms with van der Waals surface area (Å²) >= 11 is 0. The van der Waals surface area contributed by atoms with Crippen molar-refractivity contribution < 1.29 is 14.0 Å². The minimum absolute atomic E-state index is 0.0891. The van der Waals surface area contributed by atoms with Crippen LogP contribution in [-0.4, -0.2) is 35.8 Å². The summed E-state index contributed by atoms with van der Waals surface area (Å²) < 4.78 is 14.5. The number of halogens is 1. The first-order valence-electron chi connectivity index (χ1n) is 9.61. The first kappa shape index (κ1) is 20.2. The van der Waals surface area contributed by atoms with Crippen molar-refractivity contribution in [1.82, 2.24) is 4.98 Å². The second kappa shape index (κ2) is 8.22. The number of amides is 1. The standard InChI is InChI=1S/C21H27FN4O2/c1-12-6-14(7-19(27)17(23)9-20(24)28)11-26(10-12)18-8-16(22)13(2)21-15(18)4-3-5-25-21/h3-5,8,12,14,17H,6-7,9-11,23H2,1-2H3,(H2,24,28)/t12-,14-,17-/m0/s1. The number of aromatic nitrogens is 1. The molecule has 1 fully saturated rings. The maximum atomic E-state index is 14.5. The quantitative estimate of drug-likeness (QED) is 0.793. The number of nitrogens with two attached hydrogens (primary N) is 2. The van der Waals surface area contributed by atoms with Crippen LogP contribution in [0.25, 0.3) is 10.9 Å². The molecular weight excluding hydrogens is 359 g/mol. The van der Waals surface area contributed by atoms with Gasteiger partial charge >= 0.3 is 0 Å². The lowest BCUT2D eigenvalue weighted by Gasteiger charge is -2.38. The van der Waals surface area contributed by atoms with Gasteiger partial charge in [0, 0.05) is 48.8 Å². The van der Waals surface area contributed by atoms with E-state index in [1.54, 1.807) is 19.2 Å². The second-order valence-corrected chi connectivity index (χ2v) is 7.96. The Bertz CT molecular complexity index is 901. The maximum Gasteiger partial charge on any atom is 0.219 e. The normalized spacial score (nSPS) is 20.9. The van der Waals surface area contributed by atoms with Crippen molar-refractivity contribution in [3.8, 4) is 0 Å². The molecule has 0 spiro atoms. The molecule has 1 aromatic carbocycles. The number of ketones is 1. The molecule has 0 bridgehead atoms. The van der Waals surface area contributed by atoms with Gasteiger partial charge in [-0.3, -0.25) is 14.6 Å². The maximum absolute atomic E-state index is 14.5. The first-order chi connectivity index (χ1) is 13.3. The zero-order chi connectivity index (χ0) is 20.4. The third-order valence-electron chi connectivity index (χ3n) is 5.47. The van der Waals surface area contributed by atoms with Gasteiger partial charge in [-0.15, -0.1) is 0 Å². The van der Waals surface area contributed by atoms with Gasteiger partial charge < -0.3 is 16.4 Å². The number of fused-ring (bicyclic) bond motifs is 1. The number of Topliss-reactive ketones (excluding diaryl/α,β-unsaturated/α-hetero) is 1. The van der Waals surface area contributed by atoms with Crippen LogP contribution in [0.4, 0.5) is 10.1 Å². The molecule has 1 amide bonds. The van der Waals surface area contributed by atoms with Crippen molar-refractivity contribution in [2.24, 2.45) is 23.3 Å². The van der Waals surface area contributed by atoms with E-state index in [9.17, 15) is 14.0 Å². The van der Waals surface area contributed by atoms with Gasteiger partial charge in [0.2, 0.25) is 5.91 Å². The Morgan fingerprint density at radius 3 is 2.86 bits per heavy atom. The van der Waals surface area contributed by atoms with Crippen molar-refractivity contribution in [2.45, 2.75) is 39.2 Å². The molecule has 1 aromatic heterocycles. The Morgan fingerprint density at radius 2 is 2.14 bits per heavy atom. The van der Waals surface area contributed by atoms with Crippen molar-refractivity contribution in [1.29, 1.82) is 0 Å². The highest BCUT2D eigenvalue weighted by molar-refractivity contribution is 5.94. The Morgan fingerprint density at radius 1 is 1.39 bits per heavy atom. The van der Waals surface area contributed by atoms with Crippen LogP contribution in [0.1, 0.15) is 31.7 Å². The fraction of sp³-hybridized carbons (Fsp3) is 0.476. The Balaban J connectivity index is 1.84. The molecule has 2 heterocycles. The lowest BCUT2D eigenvalue weighted by molar-refractivity contribution is -0.125. The lowest BCUT2D eigenvalue weighted by Crippen LogP contribution is -2.43. The lowest BCUT2D eigenvalue weighted by atomic mass is 9.85. The molecule has 0 aliphatic carbocycles. The number of hydrogen-bond acceptors (Lipinski definition) is 5. The number of carbonyl (C=O) groups is 2. The van der Waals surface area contributed by atoms with Gasteiger partial charge in [-0.05, 0) is 43.4 Å². The van der Waals surface area contributed by atoms with Gasteiger partial charge in [-0.1, -0.05) is 6.92 Å². The highest BCUT2D eigenvalue weighted by Gasteiger charge is 2.29. The fourth-order valence-electron chi connectivity index (χ4n) is 4.18. The average molecular weight is 386 g/mol. The fourth-order valence-corrected chi connectivity index (χ4v) is 4.18. The van der Waals surface area contributed by atoms with Crippen molar-refractivity contribution in [2.75, 3.05) is 18.0 Å². The molecule has 1 aliphatic rings. The average Bonchev–Trinajstić information content (AvgIpc) is 2.63. The zero-order valence-corrected chi connectivity index (χ0v) is 16.3. The van der Waals surface area contributed by atoms with Gasteiger partial charge in [0.05, 0.1) is 11.6 Å². The molecule has 3 rings (SSSR count). The summed E-state index contributed by atoms with van der Waals surface area (Å²) in [6, 6.07) is 4.51. The summed E-state index contributed by atoms with van der Waals surface area (Å²) in [4.78, 5) is 29.9. The van der Waals surface area contributed by atoms with E-state index in [-0.39, 0.29) is 23.9 Å².